The molecule has 2 aromatic rings. The second-order valence-electron chi connectivity index (χ2n) is 7.65. The van der Waals surface area contributed by atoms with Crippen LogP contribution in [0.4, 0.5) is 0 Å². The summed E-state index contributed by atoms with van der Waals surface area (Å²) in [5.74, 6) is -0.413. The first-order valence-corrected chi connectivity index (χ1v) is 10.8. The van der Waals surface area contributed by atoms with Crippen molar-refractivity contribution in [2.45, 2.75) is 37.5 Å². The molecular formula is C21H27N3O5S. The van der Waals surface area contributed by atoms with Gasteiger partial charge in [0.25, 0.3) is 5.91 Å². The maximum atomic E-state index is 12.4. The summed E-state index contributed by atoms with van der Waals surface area (Å²) in [5, 5.41) is 0. The van der Waals surface area contributed by atoms with Crippen molar-refractivity contribution in [2.24, 2.45) is 0 Å². The summed E-state index contributed by atoms with van der Waals surface area (Å²) in [6.45, 7) is 6.02. The van der Waals surface area contributed by atoms with E-state index in [-0.39, 0.29) is 23.3 Å². The maximum absolute atomic E-state index is 12.4. The van der Waals surface area contributed by atoms with E-state index in [1.165, 1.54) is 19.2 Å². The fraction of sp³-hybridized carbons (Fsp3) is 0.333. The predicted octanol–water partition coefficient (Wildman–Crippen LogP) is 2.12. The molecule has 0 saturated heterocycles. The average molecular weight is 434 g/mol. The predicted molar refractivity (Wildman–Crippen MR) is 114 cm³/mol. The van der Waals surface area contributed by atoms with E-state index in [4.69, 9.17) is 4.74 Å². The highest BCUT2D eigenvalue weighted by Crippen LogP contribution is 2.23. The van der Waals surface area contributed by atoms with Gasteiger partial charge in [-0.2, -0.15) is 0 Å². The van der Waals surface area contributed by atoms with Crippen LogP contribution in [0.3, 0.4) is 0 Å². The molecule has 0 aliphatic rings. The van der Waals surface area contributed by atoms with Gasteiger partial charge in [-0.05, 0) is 47.4 Å². The number of hydrogen-bond donors (Lipinski definition) is 3. The minimum absolute atomic E-state index is 0.0793. The van der Waals surface area contributed by atoms with E-state index >= 15 is 0 Å². The van der Waals surface area contributed by atoms with Crippen molar-refractivity contribution in [1.29, 1.82) is 0 Å². The Morgan fingerprint density at radius 2 is 1.53 bits per heavy atom. The minimum atomic E-state index is -3.73. The topological polar surface area (TPSA) is 114 Å². The largest absolute Gasteiger partial charge is 0.497 e. The van der Waals surface area contributed by atoms with Gasteiger partial charge in [-0.15, -0.1) is 0 Å². The van der Waals surface area contributed by atoms with Crippen LogP contribution in [0.25, 0.3) is 0 Å². The molecule has 8 nitrogen and oxygen atoms in total. The molecule has 0 unspecified atom stereocenters. The van der Waals surface area contributed by atoms with Crippen LogP contribution < -0.4 is 20.3 Å². The fourth-order valence-electron chi connectivity index (χ4n) is 2.52. The van der Waals surface area contributed by atoms with Crippen molar-refractivity contribution in [2.75, 3.05) is 13.7 Å². The molecule has 0 aromatic heterocycles. The first-order chi connectivity index (χ1) is 14.0. The molecule has 162 valence electrons. The Labute approximate surface area is 177 Å². The summed E-state index contributed by atoms with van der Waals surface area (Å²) < 4.78 is 32.1. The molecule has 0 aliphatic carbocycles. The molecule has 0 saturated carbocycles. The first kappa shape index (κ1) is 23.4. The molecule has 2 rings (SSSR count). The number of hydrogen-bond acceptors (Lipinski definition) is 5. The van der Waals surface area contributed by atoms with Gasteiger partial charge in [0.15, 0.2) is 0 Å². The number of sulfonamides is 1. The van der Waals surface area contributed by atoms with Gasteiger partial charge in [-0.25, -0.2) is 13.1 Å². The van der Waals surface area contributed by atoms with Gasteiger partial charge in [0.05, 0.1) is 12.0 Å². The number of methoxy groups -OCH3 is 1. The number of rotatable bonds is 7. The molecule has 0 spiro atoms. The van der Waals surface area contributed by atoms with Gasteiger partial charge >= 0.3 is 0 Å². The molecule has 0 atom stereocenters. The fourth-order valence-corrected chi connectivity index (χ4v) is 3.55. The first-order valence-electron chi connectivity index (χ1n) is 9.36. The Morgan fingerprint density at radius 3 is 2.07 bits per heavy atom. The standard InChI is InChI=1S/C21H27N3O5S/c1-21(2,3)16-7-11-18(12-8-16)30(27,28)22-14-13-19(25)23-24-20(26)15-5-9-17(29-4)10-6-15/h5-12,22H,13-14H2,1-4H3,(H,23,25)(H,24,26). The third kappa shape index (κ3) is 6.57. The molecule has 0 radical (unpaired) electrons. The van der Waals surface area contributed by atoms with Gasteiger partial charge in [0.1, 0.15) is 5.75 Å². The molecule has 2 aromatic carbocycles. The molecular weight excluding hydrogens is 406 g/mol. The minimum Gasteiger partial charge on any atom is -0.497 e. The molecule has 2 amide bonds. The molecule has 3 N–H and O–H groups in total. The van der Waals surface area contributed by atoms with Gasteiger partial charge < -0.3 is 4.74 Å². The maximum Gasteiger partial charge on any atom is 0.269 e. The third-order valence-corrected chi connectivity index (χ3v) is 5.82. The quantitative estimate of drug-likeness (QED) is 0.579. The van der Waals surface area contributed by atoms with Gasteiger partial charge in [0.2, 0.25) is 15.9 Å². The lowest BCUT2D eigenvalue weighted by Gasteiger charge is -2.19. The van der Waals surface area contributed by atoms with E-state index in [0.717, 1.165) is 5.56 Å². The van der Waals surface area contributed by atoms with Crippen LogP contribution in [-0.2, 0) is 20.2 Å². The lowest BCUT2D eigenvalue weighted by Crippen LogP contribution is -2.42. The van der Waals surface area contributed by atoms with E-state index in [0.29, 0.717) is 11.3 Å². The number of carbonyl (C=O) groups is 2. The van der Waals surface area contributed by atoms with Crippen molar-refractivity contribution in [3.05, 3.63) is 59.7 Å². The molecule has 30 heavy (non-hydrogen) atoms. The highest BCUT2D eigenvalue weighted by Gasteiger charge is 2.17. The van der Waals surface area contributed by atoms with Crippen LogP contribution in [0.5, 0.6) is 5.75 Å². The Kier molecular flexibility index (Phi) is 7.58. The van der Waals surface area contributed by atoms with E-state index in [9.17, 15) is 18.0 Å². The summed E-state index contributed by atoms with van der Waals surface area (Å²) in [4.78, 5) is 24.0. The van der Waals surface area contributed by atoms with Crippen LogP contribution in [-0.4, -0.2) is 33.9 Å². The smallest absolute Gasteiger partial charge is 0.269 e. The number of ether oxygens (including phenoxy) is 1. The second-order valence-corrected chi connectivity index (χ2v) is 9.42. The normalized spacial score (nSPS) is 11.6. The monoisotopic (exact) mass is 433 g/mol. The summed E-state index contributed by atoms with van der Waals surface area (Å²) in [5.41, 5.74) is 5.82. The van der Waals surface area contributed by atoms with E-state index in [1.807, 2.05) is 20.8 Å². The van der Waals surface area contributed by atoms with Crippen molar-refractivity contribution in [1.82, 2.24) is 15.6 Å². The number of carbonyl (C=O) groups excluding carboxylic acids is 2. The van der Waals surface area contributed by atoms with Gasteiger partial charge in [-0.3, -0.25) is 20.4 Å². The van der Waals surface area contributed by atoms with Crippen LogP contribution in [0, 0.1) is 0 Å². The molecule has 0 bridgehead atoms. The highest BCUT2D eigenvalue weighted by molar-refractivity contribution is 7.89. The van der Waals surface area contributed by atoms with Crippen LogP contribution in [0.2, 0.25) is 0 Å². The van der Waals surface area contributed by atoms with Crippen molar-refractivity contribution in [3.63, 3.8) is 0 Å². The zero-order chi connectivity index (χ0) is 22.4. The van der Waals surface area contributed by atoms with E-state index in [1.54, 1.807) is 36.4 Å². The SMILES string of the molecule is COc1ccc(C(=O)NNC(=O)CCNS(=O)(=O)c2ccc(C(C)(C)C)cc2)cc1. The van der Waals surface area contributed by atoms with Crippen LogP contribution >= 0.6 is 0 Å². The average Bonchev–Trinajstić information content (AvgIpc) is 2.71. The molecule has 0 fully saturated rings. The lowest BCUT2D eigenvalue weighted by molar-refractivity contribution is -0.121. The summed E-state index contributed by atoms with van der Waals surface area (Å²) in [6.07, 6.45) is -0.137. The summed E-state index contributed by atoms with van der Waals surface area (Å²) in [7, 11) is -2.21. The van der Waals surface area contributed by atoms with E-state index in [2.05, 4.69) is 15.6 Å². The van der Waals surface area contributed by atoms with E-state index < -0.39 is 21.8 Å². The van der Waals surface area contributed by atoms with Crippen molar-refractivity contribution >= 4 is 21.8 Å². The number of nitrogens with one attached hydrogen (secondary N) is 3. The Morgan fingerprint density at radius 1 is 0.933 bits per heavy atom. The second kappa shape index (κ2) is 9.73. The zero-order valence-corrected chi connectivity index (χ0v) is 18.3. The Bertz CT molecular complexity index is 979. The van der Waals surface area contributed by atoms with Gasteiger partial charge in [-0.1, -0.05) is 32.9 Å². The number of hydrazine groups is 1. The highest BCUT2D eigenvalue weighted by atomic mass is 32.2. The number of benzene rings is 2. The summed E-state index contributed by atoms with van der Waals surface area (Å²) in [6, 6.07) is 13.0. The zero-order valence-electron chi connectivity index (χ0n) is 17.5. The summed E-state index contributed by atoms with van der Waals surface area (Å²) >= 11 is 0. The van der Waals surface area contributed by atoms with Crippen molar-refractivity contribution in [3.8, 4) is 5.75 Å². The number of amides is 2. The van der Waals surface area contributed by atoms with Gasteiger partial charge in [0, 0.05) is 18.5 Å². The lowest BCUT2D eigenvalue weighted by atomic mass is 9.87. The van der Waals surface area contributed by atoms with Crippen LogP contribution in [0.1, 0.15) is 43.1 Å². The third-order valence-electron chi connectivity index (χ3n) is 4.34. The molecule has 0 aliphatic heterocycles. The molecule has 9 heteroatoms. The van der Waals surface area contributed by atoms with Crippen LogP contribution in [0.15, 0.2) is 53.4 Å². The van der Waals surface area contributed by atoms with Crippen molar-refractivity contribution < 1.29 is 22.7 Å². The Balaban J connectivity index is 1.80. The Hall–Kier alpha value is -2.91. The molecule has 0 heterocycles.